The van der Waals surface area contributed by atoms with Crippen LogP contribution in [0.3, 0.4) is 0 Å². The van der Waals surface area contributed by atoms with E-state index >= 15 is 0 Å². The van der Waals surface area contributed by atoms with Crippen LogP contribution in [-0.2, 0) is 7.05 Å². The van der Waals surface area contributed by atoms with Gasteiger partial charge in [0.05, 0.1) is 5.69 Å². The number of aliphatic hydroxyl groups is 1. The number of likely N-dealkylation sites (N-methyl/N-ethyl adjacent to an activating group) is 1. The molecule has 33 heavy (non-hydrogen) atoms. The Kier molecular flexibility index (Phi) is 6.72. The molecule has 1 atom stereocenters. The summed E-state index contributed by atoms with van der Waals surface area (Å²) in [6, 6.07) is 20.2. The SMILES string of the molecule is CCNCC(O)COc1c(O)cccc1-c1c(-c2cc(C)cc(C)c2)n(C)c2ccccc12. The summed E-state index contributed by atoms with van der Waals surface area (Å²) in [7, 11) is 2.07. The van der Waals surface area contributed by atoms with E-state index in [4.69, 9.17) is 4.74 Å². The zero-order valence-corrected chi connectivity index (χ0v) is 19.7. The van der Waals surface area contributed by atoms with E-state index in [1.54, 1.807) is 6.07 Å². The molecule has 0 bridgehead atoms. The zero-order chi connectivity index (χ0) is 23.5. The first kappa shape index (κ1) is 22.9. The molecule has 0 radical (unpaired) electrons. The maximum Gasteiger partial charge on any atom is 0.168 e. The number of phenols is 1. The number of aliphatic hydroxyl groups excluding tert-OH is 1. The first-order valence-electron chi connectivity index (χ1n) is 11.4. The summed E-state index contributed by atoms with van der Waals surface area (Å²) < 4.78 is 8.23. The van der Waals surface area contributed by atoms with Gasteiger partial charge in [-0.05, 0) is 50.2 Å². The lowest BCUT2D eigenvalue weighted by Gasteiger charge is -2.18. The van der Waals surface area contributed by atoms with Gasteiger partial charge in [-0.15, -0.1) is 0 Å². The number of aromatic nitrogens is 1. The minimum Gasteiger partial charge on any atom is -0.504 e. The Balaban J connectivity index is 1.91. The number of rotatable bonds is 8. The Labute approximate surface area is 195 Å². The van der Waals surface area contributed by atoms with E-state index in [2.05, 4.69) is 61.1 Å². The predicted molar refractivity (Wildman–Crippen MR) is 135 cm³/mol. The molecule has 0 amide bonds. The Bertz CT molecular complexity index is 1260. The van der Waals surface area contributed by atoms with Gasteiger partial charge in [0.1, 0.15) is 12.7 Å². The summed E-state index contributed by atoms with van der Waals surface area (Å²) in [5, 5.41) is 25.2. The number of fused-ring (bicyclic) bond motifs is 1. The van der Waals surface area contributed by atoms with Gasteiger partial charge in [-0.1, -0.05) is 54.4 Å². The van der Waals surface area contributed by atoms with Gasteiger partial charge in [0.25, 0.3) is 0 Å². The molecule has 3 aromatic carbocycles. The van der Waals surface area contributed by atoms with Gasteiger partial charge in [0.2, 0.25) is 0 Å². The molecule has 1 aromatic heterocycles. The standard InChI is InChI=1S/C28H32N2O3/c1-5-29-16-21(31)17-33-28-23(10-8-12-25(28)32)26-22-9-6-7-11-24(22)30(4)27(26)20-14-18(2)13-19(3)15-20/h6-15,21,29,31-32H,5,16-17H2,1-4H3. The molecular formula is C28H32N2O3. The molecule has 5 heteroatoms. The summed E-state index contributed by atoms with van der Waals surface area (Å²) in [5.41, 5.74) is 7.47. The van der Waals surface area contributed by atoms with Crippen molar-refractivity contribution in [1.82, 2.24) is 9.88 Å². The minimum absolute atomic E-state index is 0.0578. The highest BCUT2D eigenvalue weighted by molar-refractivity contribution is 6.06. The second kappa shape index (κ2) is 9.69. The zero-order valence-electron chi connectivity index (χ0n) is 19.7. The lowest BCUT2D eigenvalue weighted by Crippen LogP contribution is -2.31. The normalized spacial score (nSPS) is 12.3. The van der Waals surface area contributed by atoms with Crippen molar-refractivity contribution in [3.8, 4) is 33.9 Å². The number of benzene rings is 3. The smallest absolute Gasteiger partial charge is 0.168 e. The van der Waals surface area contributed by atoms with Gasteiger partial charge < -0.3 is 24.8 Å². The summed E-state index contributed by atoms with van der Waals surface area (Å²) in [6.45, 7) is 7.49. The molecule has 0 saturated carbocycles. The number of nitrogens with zero attached hydrogens (tertiary/aromatic N) is 1. The third-order valence-electron chi connectivity index (χ3n) is 5.92. The van der Waals surface area contributed by atoms with E-state index in [1.807, 2.05) is 31.2 Å². The van der Waals surface area contributed by atoms with Gasteiger partial charge >= 0.3 is 0 Å². The Hall–Kier alpha value is -3.28. The minimum atomic E-state index is -0.677. The summed E-state index contributed by atoms with van der Waals surface area (Å²) in [6.07, 6.45) is -0.677. The number of ether oxygens (including phenoxy) is 1. The molecule has 172 valence electrons. The molecule has 1 heterocycles. The van der Waals surface area contributed by atoms with Crippen LogP contribution in [0, 0.1) is 13.8 Å². The number of nitrogens with one attached hydrogen (secondary N) is 1. The van der Waals surface area contributed by atoms with Crippen molar-refractivity contribution in [1.29, 1.82) is 0 Å². The van der Waals surface area contributed by atoms with Crippen LogP contribution < -0.4 is 10.1 Å². The molecule has 0 spiro atoms. The molecule has 0 fully saturated rings. The van der Waals surface area contributed by atoms with Crippen molar-refractivity contribution >= 4 is 10.9 Å². The van der Waals surface area contributed by atoms with Crippen LogP contribution in [0.15, 0.2) is 60.7 Å². The second-order valence-corrected chi connectivity index (χ2v) is 8.60. The third kappa shape index (κ3) is 4.61. The molecule has 0 aliphatic carbocycles. The number of aromatic hydroxyl groups is 1. The lowest BCUT2D eigenvalue weighted by molar-refractivity contribution is 0.105. The molecule has 4 rings (SSSR count). The second-order valence-electron chi connectivity index (χ2n) is 8.60. The van der Waals surface area contributed by atoms with Gasteiger partial charge in [-0.25, -0.2) is 0 Å². The Morgan fingerprint density at radius 1 is 1.00 bits per heavy atom. The van der Waals surface area contributed by atoms with E-state index in [1.165, 1.54) is 11.1 Å². The van der Waals surface area contributed by atoms with Crippen LogP contribution in [0.2, 0.25) is 0 Å². The summed E-state index contributed by atoms with van der Waals surface area (Å²) in [5.74, 6) is 0.442. The topological polar surface area (TPSA) is 66.7 Å². The molecular weight excluding hydrogens is 412 g/mol. The molecule has 0 aliphatic heterocycles. The Morgan fingerprint density at radius 2 is 1.73 bits per heavy atom. The van der Waals surface area contributed by atoms with E-state index < -0.39 is 6.10 Å². The van der Waals surface area contributed by atoms with Crippen LogP contribution in [0.5, 0.6) is 11.5 Å². The molecule has 5 nitrogen and oxygen atoms in total. The van der Waals surface area contributed by atoms with Crippen molar-refractivity contribution in [2.24, 2.45) is 7.05 Å². The average molecular weight is 445 g/mol. The lowest BCUT2D eigenvalue weighted by atomic mass is 9.95. The molecule has 0 aliphatic rings. The Morgan fingerprint density at radius 3 is 2.45 bits per heavy atom. The quantitative estimate of drug-likeness (QED) is 0.350. The van der Waals surface area contributed by atoms with Gasteiger partial charge in [0, 0.05) is 35.6 Å². The highest BCUT2D eigenvalue weighted by Crippen LogP contribution is 2.46. The van der Waals surface area contributed by atoms with E-state index in [0.29, 0.717) is 12.3 Å². The van der Waals surface area contributed by atoms with Gasteiger partial charge in [0.15, 0.2) is 11.5 Å². The van der Waals surface area contributed by atoms with Crippen molar-refractivity contribution in [2.45, 2.75) is 26.9 Å². The van der Waals surface area contributed by atoms with Crippen molar-refractivity contribution in [2.75, 3.05) is 19.7 Å². The average Bonchev–Trinajstić information content (AvgIpc) is 3.08. The van der Waals surface area contributed by atoms with E-state index in [-0.39, 0.29) is 12.4 Å². The number of hydrogen-bond acceptors (Lipinski definition) is 4. The molecule has 3 N–H and O–H groups in total. The first-order valence-corrected chi connectivity index (χ1v) is 11.4. The van der Waals surface area contributed by atoms with E-state index in [9.17, 15) is 10.2 Å². The van der Waals surface area contributed by atoms with Crippen molar-refractivity contribution < 1.29 is 14.9 Å². The molecule has 4 aromatic rings. The van der Waals surface area contributed by atoms with Crippen LogP contribution in [0.4, 0.5) is 0 Å². The number of hydrogen-bond donors (Lipinski definition) is 3. The molecule has 0 saturated heterocycles. The largest absolute Gasteiger partial charge is 0.504 e. The molecule has 1 unspecified atom stereocenters. The maximum absolute atomic E-state index is 10.7. The van der Waals surface area contributed by atoms with Crippen LogP contribution in [0.1, 0.15) is 18.1 Å². The fourth-order valence-electron chi connectivity index (χ4n) is 4.54. The monoisotopic (exact) mass is 444 g/mol. The van der Waals surface area contributed by atoms with Crippen molar-refractivity contribution in [3.05, 3.63) is 71.8 Å². The number of aryl methyl sites for hydroxylation is 3. The van der Waals surface area contributed by atoms with Crippen molar-refractivity contribution in [3.63, 3.8) is 0 Å². The first-order chi connectivity index (χ1) is 15.9. The highest BCUT2D eigenvalue weighted by Gasteiger charge is 2.23. The van der Waals surface area contributed by atoms with E-state index in [0.717, 1.165) is 39.8 Å². The maximum atomic E-state index is 10.7. The third-order valence-corrected chi connectivity index (χ3v) is 5.92. The number of phenolic OH excluding ortho intramolecular Hbond substituents is 1. The number of para-hydroxylation sites is 2. The fourth-order valence-corrected chi connectivity index (χ4v) is 4.54. The summed E-state index contributed by atoms with van der Waals surface area (Å²) >= 11 is 0. The van der Waals surface area contributed by atoms with Crippen LogP contribution in [-0.4, -0.2) is 40.6 Å². The van der Waals surface area contributed by atoms with Gasteiger partial charge in [-0.2, -0.15) is 0 Å². The highest BCUT2D eigenvalue weighted by atomic mass is 16.5. The summed E-state index contributed by atoms with van der Waals surface area (Å²) in [4.78, 5) is 0. The predicted octanol–water partition coefficient (Wildman–Crippen LogP) is 5.18. The fraction of sp³-hybridized carbons (Fsp3) is 0.286. The van der Waals surface area contributed by atoms with Crippen LogP contribution >= 0.6 is 0 Å². The van der Waals surface area contributed by atoms with Gasteiger partial charge in [-0.3, -0.25) is 0 Å². The van der Waals surface area contributed by atoms with Crippen LogP contribution in [0.25, 0.3) is 33.3 Å².